The maximum atomic E-state index is 12.9. The van der Waals surface area contributed by atoms with Crippen LogP contribution in [0.5, 0.6) is 11.5 Å². The van der Waals surface area contributed by atoms with Gasteiger partial charge in [-0.15, -0.1) is 0 Å². The highest BCUT2D eigenvalue weighted by Gasteiger charge is 2.23. The van der Waals surface area contributed by atoms with E-state index in [0.717, 1.165) is 28.2 Å². The van der Waals surface area contributed by atoms with Gasteiger partial charge >= 0.3 is 0 Å². The molecule has 0 aliphatic rings. The molecule has 0 aliphatic carbocycles. The number of hydrogen-bond donors (Lipinski definition) is 0. The van der Waals surface area contributed by atoms with E-state index in [1.54, 1.807) is 14.0 Å². The molecule has 3 aromatic rings. The third-order valence-corrected chi connectivity index (χ3v) is 5.08. The number of aryl methyl sites for hydroxylation is 1. The number of rotatable bonds is 9. The third kappa shape index (κ3) is 5.66. The monoisotopic (exact) mass is 437 g/mol. The Morgan fingerprint density at radius 1 is 1.12 bits per heavy atom. The number of nitrogens with zero attached hydrogens (tertiary/aromatic N) is 3. The van der Waals surface area contributed by atoms with Gasteiger partial charge in [0.1, 0.15) is 11.5 Å². The van der Waals surface area contributed by atoms with Crippen LogP contribution in [0.15, 0.2) is 47.0 Å². The van der Waals surface area contributed by atoms with Crippen molar-refractivity contribution in [2.24, 2.45) is 0 Å². The van der Waals surface area contributed by atoms with Crippen LogP contribution < -0.4 is 9.47 Å². The first-order valence-corrected chi connectivity index (χ1v) is 10.9. The highest BCUT2D eigenvalue weighted by atomic mass is 16.5. The predicted molar refractivity (Wildman–Crippen MR) is 123 cm³/mol. The molecule has 7 nitrogen and oxygen atoms in total. The Labute approximate surface area is 189 Å². The van der Waals surface area contributed by atoms with E-state index in [9.17, 15) is 4.79 Å². The van der Waals surface area contributed by atoms with E-state index in [-0.39, 0.29) is 12.5 Å². The lowest BCUT2D eigenvalue weighted by atomic mass is 10.0. The van der Waals surface area contributed by atoms with Gasteiger partial charge in [-0.1, -0.05) is 31.1 Å². The second-order valence-corrected chi connectivity index (χ2v) is 8.12. The van der Waals surface area contributed by atoms with Crippen LogP contribution in [-0.4, -0.2) is 40.7 Å². The van der Waals surface area contributed by atoms with Crippen molar-refractivity contribution in [1.29, 1.82) is 0 Å². The molecule has 1 amide bonds. The van der Waals surface area contributed by atoms with Crippen LogP contribution in [0.4, 0.5) is 0 Å². The van der Waals surface area contributed by atoms with Gasteiger partial charge in [-0.05, 0) is 68.1 Å². The Bertz CT molecular complexity index is 1040. The van der Waals surface area contributed by atoms with Gasteiger partial charge in [-0.2, -0.15) is 4.98 Å². The van der Waals surface area contributed by atoms with Gasteiger partial charge in [0, 0.05) is 12.6 Å². The Morgan fingerprint density at radius 3 is 2.50 bits per heavy atom. The number of benzene rings is 2. The van der Waals surface area contributed by atoms with Crippen LogP contribution in [0, 0.1) is 6.92 Å². The molecule has 1 aromatic heterocycles. The summed E-state index contributed by atoms with van der Waals surface area (Å²) in [6.07, 6.45) is -0.646. The molecule has 0 radical (unpaired) electrons. The summed E-state index contributed by atoms with van der Waals surface area (Å²) in [5, 5.41) is 4.03. The number of carbonyl (C=O) groups excluding carboxylic acids is 1. The fourth-order valence-corrected chi connectivity index (χ4v) is 3.36. The highest BCUT2D eigenvalue weighted by molar-refractivity contribution is 5.80. The van der Waals surface area contributed by atoms with E-state index in [0.29, 0.717) is 24.2 Å². The summed E-state index contributed by atoms with van der Waals surface area (Å²) in [7, 11) is 1.70. The second kappa shape index (κ2) is 10.3. The van der Waals surface area contributed by atoms with Crippen LogP contribution in [0.1, 0.15) is 50.6 Å². The van der Waals surface area contributed by atoms with E-state index in [2.05, 4.69) is 36.1 Å². The summed E-state index contributed by atoms with van der Waals surface area (Å²) in [5.74, 6) is 2.48. The number of hydrogen-bond acceptors (Lipinski definition) is 6. The van der Waals surface area contributed by atoms with E-state index < -0.39 is 6.10 Å². The fourth-order valence-electron chi connectivity index (χ4n) is 3.36. The molecule has 0 saturated heterocycles. The lowest BCUT2D eigenvalue weighted by molar-refractivity contribution is -0.137. The molecule has 0 spiro atoms. The fraction of sp³-hybridized carbons (Fsp3) is 0.400. The Hall–Kier alpha value is -3.35. The molecule has 0 aliphatic heterocycles. The molecule has 0 fully saturated rings. The van der Waals surface area contributed by atoms with Crippen molar-refractivity contribution in [3.63, 3.8) is 0 Å². The van der Waals surface area contributed by atoms with Gasteiger partial charge < -0.3 is 18.9 Å². The quantitative estimate of drug-likeness (QED) is 0.469. The van der Waals surface area contributed by atoms with Crippen LogP contribution >= 0.6 is 0 Å². The first-order valence-electron chi connectivity index (χ1n) is 10.9. The maximum Gasteiger partial charge on any atom is 0.263 e. The summed E-state index contributed by atoms with van der Waals surface area (Å²) in [6, 6.07) is 13.5. The minimum absolute atomic E-state index is 0.165. The first kappa shape index (κ1) is 23.3. The lowest BCUT2D eigenvalue weighted by Gasteiger charge is -2.23. The Morgan fingerprint density at radius 2 is 1.84 bits per heavy atom. The summed E-state index contributed by atoms with van der Waals surface area (Å²) in [6.45, 7) is 10.7. The van der Waals surface area contributed by atoms with Crippen LogP contribution in [0.2, 0.25) is 0 Å². The van der Waals surface area contributed by atoms with E-state index in [1.807, 2.05) is 44.2 Å². The van der Waals surface area contributed by atoms with Crippen molar-refractivity contribution in [2.75, 3.05) is 13.7 Å². The molecule has 0 unspecified atom stereocenters. The molecule has 1 heterocycles. The Balaban J connectivity index is 1.64. The molecule has 0 bridgehead atoms. The average Bonchev–Trinajstić information content (AvgIpc) is 3.22. The minimum atomic E-state index is -0.646. The molecule has 32 heavy (non-hydrogen) atoms. The van der Waals surface area contributed by atoms with Crippen LogP contribution in [-0.2, 0) is 11.3 Å². The summed E-state index contributed by atoms with van der Waals surface area (Å²) < 4.78 is 16.9. The number of aromatic nitrogens is 2. The van der Waals surface area contributed by atoms with Gasteiger partial charge in [-0.25, -0.2) is 0 Å². The molecule has 170 valence electrons. The number of carbonyl (C=O) groups is 1. The maximum absolute atomic E-state index is 12.9. The predicted octanol–water partition coefficient (Wildman–Crippen LogP) is 4.99. The van der Waals surface area contributed by atoms with Gasteiger partial charge in [0.2, 0.25) is 11.7 Å². The van der Waals surface area contributed by atoms with Gasteiger partial charge in [0.05, 0.1) is 13.2 Å². The standard InChI is InChI=1S/C25H31N3O4/c1-7-30-20-11-9-19(10-12-20)24-26-23(32-27-24)15-28(6)25(29)18(5)31-22-14-17(4)8-13-21(22)16(2)3/h8-14,16,18H,7,15H2,1-6H3/t18-/m0/s1. The van der Waals surface area contributed by atoms with Crippen LogP contribution in [0.25, 0.3) is 11.4 Å². The van der Waals surface area contributed by atoms with Gasteiger partial charge in [0.25, 0.3) is 5.91 Å². The van der Waals surface area contributed by atoms with Crippen LogP contribution in [0.3, 0.4) is 0 Å². The highest BCUT2D eigenvalue weighted by Crippen LogP contribution is 2.28. The molecule has 7 heteroatoms. The smallest absolute Gasteiger partial charge is 0.263 e. The summed E-state index contributed by atoms with van der Waals surface area (Å²) in [5.41, 5.74) is 2.98. The van der Waals surface area contributed by atoms with Gasteiger partial charge in [0.15, 0.2) is 6.10 Å². The zero-order chi connectivity index (χ0) is 23.3. The normalized spacial score (nSPS) is 12.0. The Kier molecular flexibility index (Phi) is 7.51. The zero-order valence-corrected chi connectivity index (χ0v) is 19.6. The van der Waals surface area contributed by atoms with E-state index >= 15 is 0 Å². The van der Waals surface area contributed by atoms with Crippen molar-refractivity contribution < 1.29 is 18.8 Å². The molecule has 1 atom stereocenters. The molecular formula is C25H31N3O4. The molecule has 0 saturated carbocycles. The largest absolute Gasteiger partial charge is 0.494 e. The summed E-state index contributed by atoms with van der Waals surface area (Å²) >= 11 is 0. The molecule has 2 aromatic carbocycles. The van der Waals surface area contributed by atoms with Crippen molar-refractivity contribution in [3.05, 3.63) is 59.5 Å². The SMILES string of the molecule is CCOc1ccc(-c2noc(CN(C)C(=O)[C@H](C)Oc3cc(C)ccc3C(C)C)n2)cc1. The van der Waals surface area contributed by atoms with Gasteiger partial charge in [-0.3, -0.25) is 4.79 Å². The lowest BCUT2D eigenvalue weighted by Crippen LogP contribution is -2.37. The van der Waals surface area contributed by atoms with E-state index in [1.165, 1.54) is 4.90 Å². The van der Waals surface area contributed by atoms with Crippen molar-refractivity contribution in [2.45, 2.75) is 53.2 Å². The van der Waals surface area contributed by atoms with Crippen molar-refractivity contribution in [3.8, 4) is 22.9 Å². The van der Waals surface area contributed by atoms with Crippen molar-refractivity contribution >= 4 is 5.91 Å². The number of ether oxygens (including phenoxy) is 2. The average molecular weight is 438 g/mol. The minimum Gasteiger partial charge on any atom is -0.494 e. The number of likely N-dealkylation sites (N-methyl/N-ethyl adjacent to an activating group) is 1. The molecular weight excluding hydrogens is 406 g/mol. The topological polar surface area (TPSA) is 77.7 Å². The molecule has 0 N–H and O–H groups in total. The first-order chi connectivity index (χ1) is 15.3. The number of amides is 1. The molecule has 3 rings (SSSR count). The second-order valence-electron chi connectivity index (χ2n) is 8.12. The summed E-state index contributed by atoms with van der Waals surface area (Å²) in [4.78, 5) is 18.8. The van der Waals surface area contributed by atoms with Crippen molar-refractivity contribution in [1.82, 2.24) is 15.0 Å². The third-order valence-electron chi connectivity index (χ3n) is 5.08. The van der Waals surface area contributed by atoms with E-state index in [4.69, 9.17) is 14.0 Å². The zero-order valence-electron chi connectivity index (χ0n) is 19.6.